The predicted octanol–water partition coefficient (Wildman–Crippen LogP) is 2.08. The van der Waals surface area contributed by atoms with Gasteiger partial charge in [-0.15, -0.1) is 0 Å². The summed E-state index contributed by atoms with van der Waals surface area (Å²) < 4.78 is 24.6. The highest BCUT2D eigenvalue weighted by atomic mass is 35.5. The van der Waals surface area contributed by atoms with Crippen molar-refractivity contribution in [1.82, 2.24) is 0 Å². The van der Waals surface area contributed by atoms with Crippen molar-refractivity contribution in [3.05, 3.63) is 34.6 Å². The molecule has 84 valence electrons. The van der Waals surface area contributed by atoms with E-state index in [1.165, 1.54) is 6.07 Å². The quantitative estimate of drug-likeness (QED) is 0.888. The van der Waals surface area contributed by atoms with Gasteiger partial charge in [-0.05, 0) is 18.6 Å². The number of rotatable bonds is 4. The molecule has 2 N–H and O–H groups in total. The summed E-state index contributed by atoms with van der Waals surface area (Å²) in [4.78, 5) is 0. The molecule has 15 heavy (non-hydrogen) atoms. The van der Waals surface area contributed by atoms with E-state index in [1.54, 1.807) is 19.1 Å². The van der Waals surface area contributed by atoms with Gasteiger partial charge in [-0.2, -0.15) is 0 Å². The summed E-state index contributed by atoms with van der Waals surface area (Å²) in [7, 11) is -1.10. The van der Waals surface area contributed by atoms with Crippen LogP contribution in [0.3, 0.4) is 0 Å². The van der Waals surface area contributed by atoms with Crippen molar-refractivity contribution in [2.75, 3.05) is 5.75 Å². The van der Waals surface area contributed by atoms with E-state index in [-0.39, 0.29) is 16.8 Å². The second kappa shape index (κ2) is 5.58. The van der Waals surface area contributed by atoms with Crippen LogP contribution in [-0.4, -0.2) is 16.0 Å². The Morgan fingerprint density at radius 3 is 2.87 bits per heavy atom. The zero-order valence-corrected chi connectivity index (χ0v) is 9.95. The molecule has 0 radical (unpaired) electrons. The smallest absolute Gasteiger partial charge is 0.142 e. The molecule has 0 aromatic heterocycles. The first-order valence-electron chi connectivity index (χ1n) is 4.54. The van der Waals surface area contributed by atoms with E-state index in [0.29, 0.717) is 11.3 Å². The first-order valence-corrected chi connectivity index (χ1v) is 6.40. The van der Waals surface area contributed by atoms with E-state index in [1.807, 2.05) is 0 Å². The first kappa shape index (κ1) is 12.6. The zero-order valence-electron chi connectivity index (χ0n) is 8.37. The predicted molar refractivity (Wildman–Crippen MR) is 61.8 cm³/mol. The molecule has 0 aliphatic carbocycles. The van der Waals surface area contributed by atoms with Gasteiger partial charge in [0, 0.05) is 22.6 Å². The van der Waals surface area contributed by atoms with E-state index >= 15 is 0 Å². The number of halogens is 2. The maximum absolute atomic E-state index is 13.0. The van der Waals surface area contributed by atoms with Gasteiger partial charge in [-0.25, -0.2) is 4.39 Å². The van der Waals surface area contributed by atoms with Crippen LogP contribution < -0.4 is 5.73 Å². The molecule has 0 amide bonds. The highest BCUT2D eigenvalue weighted by Gasteiger charge is 2.10. The number of nitrogens with two attached hydrogens (primary N) is 1. The Morgan fingerprint density at radius 1 is 1.60 bits per heavy atom. The van der Waals surface area contributed by atoms with E-state index in [9.17, 15) is 8.60 Å². The molecule has 0 saturated heterocycles. The molecule has 1 aromatic carbocycles. The van der Waals surface area contributed by atoms with E-state index in [0.717, 1.165) is 0 Å². The lowest BCUT2D eigenvalue weighted by atomic mass is 10.2. The molecule has 5 heteroatoms. The molecule has 0 heterocycles. The van der Waals surface area contributed by atoms with Crippen LogP contribution in [0.4, 0.5) is 4.39 Å². The zero-order chi connectivity index (χ0) is 11.4. The molecule has 0 saturated carbocycles. The average molecular weight is 250 g/mol. The number of benzene rings is 1. The van der Waals surface area contributed by atoms with E-state index in [4.69, 9.17) is 17.3 Å². The van der Waals surface area contributed by atoms with Gasteiger partial charge in [0.25, 0.3) is 0 Å². The molecular formula is C10H13ClFNOS. The summed E-state index contributed by atoms with van der Waals surface area (Å²) in [5, 5.41) is 0.0514. The lowest BCUT2D eigenvalue weighted by Crippen LogP contribution is -2.23. The van der Waals surface area contributed by atoms with Gasteiger partial charge >= 0.3 is 0 Å². The monoisotopic (exact) mass is 249 g/mol. The lowest BCUT2D eigenvalue weighted by molar-refractivity contribution is 0.626. The minimum Gasteiger partial charge on any atom is -0.327 e. The van der Waals surface area contributed by atoms with Crippen LogP contribution in [-0.2, 0) is 16.6 Å². The fourth-order valence-electron chi connectivity index (χ4n) is 1.19. The second-order valence-corrected chi connectivity index (χ2v) is 5.32. The van der Waals surface area contributed by atoms with Crippen molar-refractivity contribution in [2.24, 2.45) is 5.73 Å². The molecule has 2 unspecified atom stereocenters. The van der Waals surface area contributed by atoms with Crippen LogP contribution in [0.5, 0.6) is 0 Å². The standard InChI is InChI=1S/C10H13ClFNOS/c1-7(13)5-15(14)6-8-3-2-4-9(12)10(8)11/h2-4,7H,5-6,13H2,1H3. The fourth-order valence-corrected chi connectivity index (χ4v) is 2.75. The largest absolute Gasteiger partial charge is 0.327 e. The number of hydrogen-bond donors (Lipinski definition) is 1. The summed E-state index contributed by atoms with van der Waals surface area (Å²) in [6.07, 6.45) is 0. The third-order valence-corrected chi connectivity index (χ3v) is 3.75. The van der Waals surface area contributed by atoms with Crippen molar-refractivity contribution >= 4 is 22.4 Å². The van der Waals surface area contributed by atoms with Gasteiger partial charge in [0.15, 0.2) is 0 Å². The van der Waals surface area contributed by atoms with Crippen LogP contribution in [0.1, 0.15) is 12.5 Å². The molecule has 0 fully saturated rings. The Kier molecular flexibility index (Phi) is 4.70. The van der Waals surface area contributed by atoms with Crippen LogP contribution in [0, 0.1) is 5.82 Å². The third kappa shape index (κ3) is 3.89. The lowest BCUT2D eigenvalue weighted by Gasteiger charge is -2.07. The van der Waals surface area contributed by atoms with Crippen LogP contribution >= 0.6 is 11.6 Å². The van der Waals surface area contributed by atoms with E-state index < -0.39 is 16.6 Å². The number of hydrogen-bond acceptors (Lipinski definition) is 2. The summed E-state index contributed by atoms with van der Waals surface area (Å²) in [6, 6.07) is 4.38. The molecule has 1 aromatic rings. The van der Waals surface area contributed by atoms with Gasteiger partial charge < -0.3 is 5.73 Å². The Balaban J connectivity index is 2.73. The highest BCUT2D eigenvalue weighted by molar-refractivity contribution is 7.84. The molecule has 0 spiro atoms. The van der Waals surface area contributed by atoms with Crippen molar-refractivity contribution in [3.63, 3.8) is 0 Å². The maximum atomic E-state index is 13.0. The van der Waals surface area contributed by atoms with Crippen LogP contribution in [0.15, 0.2) is 18.2 Å². The van der Waals surface area contributed by atoms with Gasteiger partial charge in [-0.3, -0.25) is 4.21 Å². The Hall–Kier alpha value is -0.450. The fraction of sp³-hybridized carbons (Fsp3) is 0.400. The van der Waals surface area contributed by atoms with Gasteiger partial charge in [0.2, 0.25) is 0 Å². The Morgan fingerprint density at radius 2 is 2.27 bits per heavy atom. The van der Waals surface area contributed by atoms with Crippen molar-refractivity contribution in [2.45, 2.75) is 18.7 Å². The normalized spacial score (nSPS) is 14.9. The summed E-state index contributed by atoms with van der Waals surface area (Å²) in [6.45, 7) is 1.78. The van der Waals surface area contributed by atoms with Gasteiger partial charge in [-0.1, -0.05) is 23.7 Å². The average Bonchev–Trinajstić information content (AvgIpc) is 2.11. The summed E-state index contributed by atoms with van der Waals surface area (Å²) in [5.74, 6) is 0.164. The van der Waals surface area contributed by atoms with Crippen molar-refractivity contribution in [1.29, 1.82) is 0 Å². The van der Waals surface area contributed by atoms with Crippen molar-refractivity contribution in [3.8, 4) is 0 Å². The molecule has 0 aliphatic heterocycles. The van der Waals surface area contributed by atoms with Gasteiger partial charge in [0.05, 0.1) is 10.8 Å². The first-order chi connectivity index (χ1) is 7.00. The maximum Gasteiger partial charge on any atom is 0.142 e. The molecular weight excluding hydrogens is 237 g/mol. The summed E-state index contributed by atoms with van der Waals surface area (Å²) in [5.41, 5.74) is 6.08. The Labute approximate surface area is 96.1 Å². The topological polar surface area (TPSA) is 43.1 Å². The van der Waals surface area contributed by atoms with Crippen molar-refractivity contribution < 1.29 is 8.60 Å². The minimum atomic E-state index is -1.10. The summed E-state index contributed by atoms with van der Waals surface area (Å²) >= 11 is 5.73. The molecule has 0 bridgehead atoms. The van der Waals surface area contributed by atoms with E-state index in [2.05, 4.69) is 0 Å². The van der Waals surface area contributed by atoms with Crippen LogP contribution in [0.2, 0.25) is 5.02 Å². The molecule has 0 aliphatic rings. The highest BCUT2D eigenvalue weighted by Crippen LogP contribution is 2.20. The third-order valence-electron chi connectivity index (χ3n) is 1.80. The van der Waals surface area contributed by atoms with Crippen LogP contribution in [0.25, 0.3) is 0 Å². The molecule has 2 nitrogen and oxygen atoms in total. The Bertz CT molecular complexity index is 370. The van der Waals surface area contributed by atoms with Gasteiger partial charge in [0.1, 0.15) is 5.82 Å². The SMILES string of the molecule is CC(N)CS(=O)Cc1cccc(F)c1Cl. The second-order valence-electron chi connectivity index (χ2n) is 3.44. The molecule has 1 rings (SSSR count). The minimum absolute atomic E-state index is 0.0514. The molecule has 2 atom stereocenters.